The van der Waals surface area contributed by atoms with Gasteiger partial charge in [-0.15, -0.1) is 0 Å². The lowest BCUT2D eigenvalue weighted by Gasteiger charge is -2.12. The molecule has 0 saturated carbocycles. The standard InChI is InChI=1S/C12H15N3O/c16-11-4-6-14(9-11)7-10-8-15-5-2-1-3-12(15)13-10/h1-3,5,8,11,16H,4,6-7,9H2/t11-/m0/s1. The van der Waals surface area contributed by atoms with Crippen molar-refractivity contribution in [2.24, 2.45) is 0 Å². The third-order valence-electron chi connectivity index (χ3n) is 3.05. The van der Waals surface area contributed by atoms with Gasteiger partial charge in [-0.1, -0.05) is 6.07 Å². The molecule has 4 heteroatoms. The predicted octanol–water partition coefficient (Wildman–Crippen LogP) is 0.901. The van der Waals surface area contributed by atoms with Gasteiger partial charge in [0.1, 0.15) is 5.65 Å². The molecule has 2 aromatic heterocycles. The van der Waals surface area contributed by atoms with Crippen LogP contribution in [-0.2, 0) is 6.54 Å². The lowest BCUT2D eigenvalue weighted by molar-refractivity contribution is 0.174. The van der Waals surface area contributed by atoms with Crippen LogP contribution in [0.2, 0.25) is 0 Å². The van der Waals surface area contributed by atoms with Gasteiger partial charge in [-0.2, -0.15) is 0 Å². The quantitative estimate of drug-likeness (QED) is 0.812. The van der Waals surface area contributed by atoms with Gasteiger partial charge in [0.2, 0.25) is 0 Å². The number of hydrogen-bond donors (Lipinski definition) is 1. The number of fused-ring (bicyclic) bond motifs is 1. The molecule has 0 unspecified atom stereocenters. The molecule has 1 aliphatic rings. The van der Waals surface area contributed by atoms with Crippen molar-refractivity contribution in [2.75, 3.05) is 13.1 Å². The van der Waals surface area contributed by atoms with E-state index >= 15 is 0 Å². The van der Waals surface area contributed by atoms with Crippen LogP contribution in [0.5, 0.6) is 0 Å². The molecule has 2 aromatic rings. The molecule has 1 aliphatic heterocycles. The van der Waals surface area contributed by atoms with Gasteiger partial charge in [0.15, 0.2) is 0 Å². The molecule has 0 aromatic carbocycles. The summed E-state index contributed by atoms with van der Waals surface area (Å²) in [5, 5.41) is 9.45. The number of nitrogens with zero attached hydrogens (tertiary/aromatic N) is 3. The molecule has 84 valence electrons. The number of aliphatic hydroxyl groups excluding tert-OH is 1. The molecule has 1 saturated heterocycles. The van der Waals surface area contributed by atoms with Gasteiger partial charge >= 0.3 is 0 Å². The molecule has 1 fully saturated rings. The van der Waals surface area contributed by atoms with Gasteiger partial charge < -0.3 is 9.51 Å². The summed E-state index contributed by atoms with van der Waals surface area (Å²) in [6.45, 7) is 2.57. The van der Waals surface area contributed by atoms with Crippen molar-refractivity contribution in [2.45, 2.75) is 19.1 Å². The molecule has 1 N–H and O–H groups in total. The summed E-state index contributed by atoms with van der Waals surface area (Å²) in [4.78, 5) is 6.78. The van der Waals surface area contributed by atoms with E-state index < -0.39 is 0 Å². The number of aromatic nitrogens is 2. The summed E-state index contributed by atoms with van der Waals surface area (Å²) < 4.78 is 2.03. The van der Waals surface area contributed by atoms with Crippen LogP contribution in [-0.4, -0.2) is 38.6 Å². The van der Waals surface area contributed by atoms with Crippen LogP contribution in [0.4, 0.5) is 0 Å². The van der Waals surface area contributed by atoms with Gasteiger partial charge in [-0.05, 0) is 18.6 Å². The van der Waals surface area contributed by atoms with Crippen LogP contribution < -0.4 is 0 Å². The monoisotopic (exact) mass is 217 g/mol. The fraction of sp³-hybridized carbons (Fsp3) is 0.417. The van der Waals surface area contributed by atoms with E-state index in [1.165, 1.54) is 0 Å². The smallest absolute Gasteiger partial charge is 0.137 e. The highest BCUT2D eigenvalue weighted by atomic mass is 16.3. The average molecular weight is 217 g/mol. The van der Waals surface area contributed by atoms with Crippen molar-refractivity contribution < 1.29 is 5.11 Å². The summed E-state index contributed by atoms with van der Waals surface area (Å²) in [7, 11) is 0. The highest BCUT2D eigenvalue weighted by Gasteiger charge is 2.20. The molecule has 0 aliphatic carbocycles. The van der Waals surface area contributed by atoms with Crippen molar-refractivity contribution in [1.82, 2.24) is 14.3 Å². The van der Waals surface area contributed by atoms with Crippen molar-refractivity contribution in [3.05, 3.63) is 36.3 Å². The Morgan fingerprint density at radius 2 is 2.38 bits per heavy atom. The number of β-amino-alcohol motifs (C(OH)–C–C–N with tert-alkyl or cyclic N) is 1. The predicted molar refractivity (Wildman–Crippen MR) is 61.1 cm³/mol. The number of pyridine rings is 1. The summed E-state index contributed by atoms with van der Waals surface area (Å²) in [5.74, 6) is 0. The van der Waals surface area contributed by atoms with Crippen molar-refractivity contribution in [3.8, 4) is 0 Å². The molecule has 1 atom stereocenters. The Morgan fingerprint density at radius 3 is 3.12 bits per heavy atom. The van der Waals surface area contributed by atoms with Crippen molar-refractivity contribution >= 4 is 5.65 Å². The first-order chi connectivity index (χ1) is 7.81. The third kappa shape index (κ3) is 1.81. The number of likely N-dealkylation sites (tertiary alicyclic amines) is 1. The zero-order valence-corrected chi connectivity index (χ0v) is 9.08. The topological polar surface area (TPSA) is 40.8 Å². The Kier molecular flexibility index (Phi) is 2.38. The molecule has 0 spiro atoms. The van der Waals surface area contributed by atoms with E-state index in [1.54, 1.807) is 0 Å². The fourth-order valence-electron chi connectivity index (χ4n) is 2.25. The summed E-state index contributed by atoms with van der Waals surface area (Å²) in [6, 6.07) is 5.99. The lowest BCUT2D eigenvalue weighted by Crippen LogP contribution is -2.21. The molecule has 3 rings (SSSR count). The van der Waals surface area contributed by atoms with Crippen LogP contribution in [0.3, 0.4) is 0 Å². The molecular formula is C12H15N3O. The van der Waals surface area contributed by atoms with Gasteiger partial charge in [0.25, 0.3) is 0 Å². The number of hydrogen-bond acceptors (Lipinski definition) is 3. The first kappa shape index (κ1) is 9.81. The van der Waals surface area contributed by atoms with Crippen molar-refractivity contribution in [1.29, 1.82) is 0 Å². The minimum absolute atomic E-state index is 0.156. The van der Waals surface area contributed by atoms with E-state index in [-0.39, 0.29) is 6.10 Å². The molecular weight excluding hydrogens is 202 g/mol. The molecule has 0 bridgehead atoms. The lowest BCUT2D eigenvalue weighted by atomic mass is 10.3. The van der Waals surface area contributed by atoms with E-state index in [0.29, 0.717) is 0 Å². The van der Waals surface area contributed by atoms with Gasteiger partial charge in [-0.3, -0.25) is 4.90 Å². The largest absolute Gasteiger partial charge is 0.392 e. The minimum Gasteiger partial charge on any atom is -0.392 e. The summed E-state index contributed by atoms with van der Waals surface area (Å²) >= 11 is 0. The Bertz CT molecular complexity index is 461. The van der Waals surface area contributed by atoms with Gasteiger partial charge in [-0.25, -0.2) is 4.98 Å². The van der Waals surface area contributed by atoms with E-state index in [4.69, 9.17) is 0 Å². The number of rotatable bonds is 2. The maximum atomic E-state index is 9.45. The maximum absolute atomic E-state index is 9.45. The van der Waals surface area contributed by atoms with Crippen LogP contribution in [0.25, 0.3) is 5.65 Å². The maximum Gasteiger partial charge on any atom is 0.137 e. The Hall–Kier alpha value is -1.39. The molecule has 4 nitrogen and oxygen atoms in total. The highest BCUT2D eigenvalue weighted by molar-refractivity contribution is 5.39. The van der Waals surface area contributed by atoms with Crippen LogP contribution >= 0.6 is 0 Å². The van der Waals surface area contributed by atoms with E-state index in [9.17, 15) is 5.11 Å². The zero-order valence-electron chi connectivity index (χ0n) is 9.08. The Balaban J connectivity index is 1.79. The van der Waals surface area contributed by atoms with Crippen molar-refractivity contribution in [3.63, 3.8) is 0 Å². The normalized spacial score (nSPS) is 21.9. The number of aliphatic hydroxyl groups is 1. The first-order valence-corrected chi connectivity index (χ1v) is 5.64. The van der Waals surface area contributed by atoms with Crippen LogP contribution in [0.1, 0.15) is 12.1 Å². The molecule has 16 heavy (non-hydrogen) atoms. The number of imidazole rings is 1. The van der Waals surface area contributed by atoms with E-state index in [0.717, 1.165) is 37.4 Å². The Labute approximate surface area is 94.1 Å². The average Bonchev–Trinajstić information content (AvgIpc) is 2.84. The minimum atomic E-state index is -0.156. The van der Waals surface area contributed by atoms with Gasteiger partial charge in [0, 0.05) is 32.0 Å². The van der Waals surface area contributed by atoms with Crippen LogP contribution in [0.15, 0.2) is 30.6 Å². The second kappa shape index (κ2) is 3.88. The second-order valence-electron chi connectivity index (χ2n) is 4.38. The van der Waals surface area contributed by atoms with Crippen LogP contribution in [0, 0.1) is 0 Å². The fourth-order valence-corrected chi connectivity index (χ4v) is 2.25. The third-order valence-corrected chi connectivity index (χ3v) is 3.05. The second-order valence-corrected chi connectivity index (χ2v) is 4.38. The first-order valence-electron chi connectivity index (χ1n) is 5.64. The van der Waals surface area contributed by atoms with E-state index in [2.05, 4.69) is 16.1 Å². The Morgan fingerprint density at radius 1 is 1.44 bits per heavy atom. The molecule has 0 radical (unpaired) electrons. The SMILES string of the molecule is O[C@H]1CCN(Cc2cn3ccccc3n2)C1. The van der Waals surface area contributed by atoms with Gasteiger partial charge in [0.05, 0.1) is 11.8 Å². The summed E-state index contributed by atoms with van der Waals surface area (Å²) in [5.41, 5.74) is 2.05. The summed E-state index contributed by atoms with van der Waals surface area (Å²) in [6.07, 6.45) is 4.79. The van der Waals surface area contributed by atoms with E-state index in [1.807, 2.05) is 28.8 Å². The zero-order chi connectivity index (χ0) is 11.0. The molecule has 3 heterocycles. The highest BCUT2D eigenvalue weighted by Crippen LogP contribution is 2.13. The molecule has 0 amide bonds.